The minimum atomic E-state index is -0.442. The summed E-state index contributed by atoms with van der Waals surface area (Å²) >= 11 is 0. The summed E-state index contributed by atoms with van der Waals surface area (Å²) in [5, 5.41) is 18.1. The van der Waals surface area contributed by atoms with E-state index in [0.29, 0.717) is 17.2 Å². The summed E-state index contributed by atoms with van der Waals surface area (Å²) in [6.07, 6.45) is 6.44. The van der Waals surface area contributed by atoms with Gasteiger partial charge in [0.25, 0.3) is 11.6 Å². The molecule has 1 fully saturated rings. The van der Waals surface area contributed by atoms with Gasteiger partial charge in [0.2, 0.25) is 0 Å². The number of carbonyl (C=O) groups excluding carboxylic acids is 1. The summed E-state index contributed by atoms with van der Waals surface area (Å²) < 4.78 is 1.57. The van der Waals surface area contributed by atoms with E-state index in [1.54, 1.807) is 29.2 Å². The first-order valence-electron chi connectivity index (χ1n) is 8.82. The molecule has 1 N–H and O–H groups in total. The van der Waals surface area contributed by atoms with Gasteiger partial charge in [0.1, 0.15) is 0 Å². The molecule has 0 atom stereocenters. The van der Waals surface area contributed by atoms with E-state index >= 15 is 0 Å². The van der Waals surface area contributed by atoms with Crippen molar-refractivity contribution in [3.8, 4) is 5.69 Å². The van der Waals surface area contributed by atoms with Crippen LogP contribution in [0.4, 0.5) is 5.69 Å². The molecule has 1 aliphatic heterocycles. The van der Waals surface area contributed by atoms with Gasteiger partial charge in [-0.25, -0.2) is 4.68 Å². The summed E-state index contributed by atoms with van der Waals surface area (Å²) in [7, 11) is 1.96. The first kappa shape index (κ1) is 18.1. The van der Waals surface area contributed by atoms with Gasteiger partial charge in [-0.15, -0.1) is 0 Å². The second-order valence-corrected chi connectivity index (χ2v) is 6.57. The number of hydrogen-bond donors (Lipinski definition) is 1. The smallest absolute Gasteiger partial charge is 0.269 e. The molecule has 0 unspecified atom stereocenters. The number of nitro groups is 1. The van der Waals surface area contributed by atoms with Gasteiger partial charge in [0.05, 0.1) is 22.4 Å². The minimum absolute atomic E-state index is 0.00905. The van der Waals surface area contributed by atoms with Gasteiger partial charge < -0.3 is 10.2 Å². The molecule has 2 heterocycles. The average Bonchev–Trinajstić information content (AvgIpc) is 3.16. The Labute approximate surface area is 151 Å². The minimum Gasteiger partial charge on any atom is -0.339 e. The number of nitrogens with zero attached hydrogens (tertiary/aromatic N) is 4. The molecule has 1 aromatic carbocycles. The SMILES string of the molecule is CNCCC1CCN(C(=O)c2cnn(-c3ccc([N+](=O)[O-])cc3)c2)CC1. The summed E-state index contributed by atoms with van der Waals surface area (Å²) in [4.78, 5) is 24.8. The third-order valence-corrected chi connectivity index (χ3v) is 4.86. The normalized spacial score (nSPS) is 15.2. The first-order chi connectivity index (χ1) is 12.6. The van der Waals surface area contributed by atoms with Crippen LogP contribution in [0, 0.1) is 16.0 Å². The Hall–Kier alpha value is -2.74. The van der Waals surface area contributed by atoms with E-state index < -0.39 is 4.92 Å². The molecule has 8 nitrogen and oxygen atoms in total. The highest BCUT2D eigenvalue weighted by molar-refractivity contribution is 5.93. The van der Waals surface area contributed by atoms with Crippen molar-refractivity contribution in [1.82, 2.24) is 20.0 Å². The Kier molecular flexibility index (Phi) is 5.62. The molecule has 1 amide bonds. The molecule has 0 aliphatic carbocycles. The second kappa shape index (κ2) is 8.09. The Balaban J connectivity index is 1.62. The van der Waals surface area contributed by atoms with Crippen LogP contribution in [0.3, 0.4) is 0 Å². The highest BCUT2D eigenvalue weighted by Gasteiger charge is 2.24. The fourth-order valence-electron chi connectivity index (χ4n) is 3.26. The van der Waals surface area contributed by atoms with Crippen molar-refractivity contribution in [3.63, 3.8) is 0 Å². The van der Waals surface area contributed by atoms with Crippen LogP contribution in [0.25, 0.3) is 5.69 Å². The van der Waals surface area contributed by atoms with Crippen LogP contribution in [0.15, 0.2) is 36.7 Å². The summed E-state index contributed by atoms with van der Waals surface area (Å²) in [6, 6.07) is 6.09. The van der Waals surface area contributed by atoms with E-state index in [1.165, 1.54) is 12.1 Å². The van der Waals surface area contributed by atoms with Crippen molar-refractivity contribution in [2.45, 2.75) is 19.3 Å². The Morgan fingerprint density at radius 2 is 2.00 bits per heavy atom. The van der Waals surface area contributed by atoms with Crippen molar-refractivity contribution in [1.29, 1.82) is 0 Å². The molecular weight excluding hydrogens is 334 g/mol. The number of likely N-dealkylation sites (tertiary alicyclic amines) is 1. The number of hydrogen-bond acceptors (Lipinski definition) is 5. The Morgan fingerprint density at radius 1 is 1.31 bits per heavy atom. The van der Waals surface area contributed by atoms with E-state index in [9.17, 15) is 14.9 Å². The molecule has 0 saturated carbocycles. The van der Waals surface area contributed by atoms with Crippen LogP contribution in [-0.4, -0.2) is 52.2 Å². The maximum Gasteiger partial charge on any atom is 0.269 e. The third-order valence-electron chi connectivity index (χ3n) is 4.86. The van der Waals surface area contributed by atoms with E-state index in [-0.39, 0.29) is 11.6 Å². The lowest BCUT2D eigenvalue weighted by Gasteiger charge is -2.31. The van der Waals surface area contributed by atoms with Crippen LogP contribution in [0.5, 0.6) is 0 Å². The van der Waals surface area contributed by atoms with Gasteiger partial charge in [-0.3, -0.25) is 14.9 Å². The molecule has 0 radical (unpaired) electrons. The number of nitro benzene ring substituents is 1. The van der Waals surface area contributed by atoms with Crippen molar-refractivity contribution >= 4 is 11.6 Å². The van der Waals surface area contributed by atoms with Gasteiger partial charge in [-0.1, -0.05) is 0 Å². The van der Waals surface area contributed by atoms with Crippen molar-refractivity contribution in [3.05, 3.63) is 52.3 Å². The summed E-state index contributed by atoms with van der Waals surface area (Å²) in [5.74, 6) is 0.666. The zero-order valence-electron chi connectivity index (χ0n) is 14.8. The van der Waals surface area contributed by atoms with Gasteiger partial charge in [-0.2, -0.15) is 5.10 Å². The van der Waals surface area contributed by atoms with Gasteiger partial charge in [-0.05, 0) is 50.9 Å². The zero-order chi connectivity index (χ0) is 18.5. The standard InChI is InChI=1S/C18H23N5O3/c1-19-9-6-14-7-10-21(11-8-14)18(24)15-12-20-22(13-15)16-2-4-17(5-3-16)23(25)26/h2-5,12-14,19H,6-11H2,1H3. The first-order valence-corrected chi connectivity index (χ1v) is 8.82. The number of benzene rings is 1. The van der Waals surface area contributed by atoms with Crippen LogP contribution in [0.1, 0.15) is 29.6 Å². The fraction of sp³-hybridized carbons (Fsp3) is 0.444. The number of nitrogens with one attached hydrogen (secondary N) is 1. The molecule has 138 valence electrons. The topological polar surface area (TPSA) is 93.3 Å². The van der Waals surface area contributed by atoms with Gasteiger partial charge in [0, 0.05) is 31.4 Å². The largest absolute Gasteiger partial charge is 0.339 e. The average molecular weight is 357 g/mol. The molecule has 0 spiro atoms. The molecule has 3 rings (SSSR count). The molecule has 8 heteroatoms. The van der Waals surface area contributed by atoms with Crippen LogP contribution in [0.2, 0.25) is 0 Å². The predicted molar refractivity (Wildman–Crippen MR) is 97.4 cm³/mol. The monoisotopic (exact) mass is 357 g/mol. The predicted octanol–water partition coefficient (Wildman–Crippen LogP) is 2.24. The quantitative estimate of drug-likeness (QED) is 0.632. The number of carbonyl (C=O) groups is 1. The van der Waals surface area contributed by atoms with Crippen LogP contribution >= 0.6 is 0 Å². The number of amides is 1. The highest BCUT2D eigenvalue weighted by atomic mass is 16.6. The zero-order valence-corrected chi connectivity index (χ0v) is 14.8. The lowest BCUT2D eigenvalue weighted by atomic mass is 9.93. The number of piperidine rings is 1. The Bertz CT molecular complexity index is 763. The van der Waals surface area contributed by atoms with E-state index in [2.05, 4.69) is 10.4 Å². The molecule has 1 aromatic heterocycles. The maximum absolute atomic E-state index is 12.7. The lowest BCUT2D eigenvalue weighted by Crippen LogP contribution is -2.38. The highest BCUT2D eigenvalue weighted by Crippen LogP contribution is 2.22. The van der Waals surface area contributed by atoms with Crippen molar-refractivity contribution < 1.29 is 9.72 Å². The molecule has 1 aliphatic rings. The van der Waals surface area contributed by atoms with E-state index in [4.69, 9.17) is 0 Å². The number of aromatic nitrogens is 2. The summed E-state index contributed by atoms with van der Waals surface area (Å²) in [5.41, 5.74) is 1.25. The van der Waals surface area contributed by atoms with E-state index in [0.717, 1.165) is 38.9 Å². The van der Waals surface area contributed by atoms with E-state index in [1.807, 2.05) is 11.9 Å². The Morgan fingerprint density at radius 3 is 2.62 bits per heavy atom. The van der Waals surface area contributed by atoms with Gasteiger partial charge in [0.15, 0.2) is 0 Å². The van der Waals surface area contributed by atoms with Crippen LogP contribution in [-0.2, 0) is 0 Å². The molecular formula is C18H23N5O3. The molecule has 26 heavy (non-hydrogen) atoms. The molecule has 1 saturated heterocycles. The lowest BCUT2D eigenvalue weighted by molar-refractivity contribution is -0.384. The van der Waals surface area contributed by atoms with Crippen molar-refractivity contribution in [2.24, 2.45) is 5.92 Å². The van der Waals surface area contributed by atoms with Crippen LogP contribution < -0.4 is 5.32 Å². The van der Waals surface area contributed by atoms with Crippen molar-refractivity contribution in [2.75, 3.05) is 26.7 Å². The summed E-state index contributed by atoms with van der Waals surface area (Å²) in [6.45, 7) is 2.56. The molecule has 2 aromatic rings. The third kappa shape index (κ3) is 4.08. The fourth-order valence-corrected chi connectivity index (χ4v) is 3.26. The maximum atomic E-state index is 12.7. The molecule has 0 bridgehead atoms. The number of rotatable bonds is 6. The second-order valence-electron chi connectivity index (χ2n) is 6.57. The number of non-ortho nitro benzene ring substituents is 1. The van der Waals surface area contributed by atoms with Gasteiger partial charge >= 0.3 is 0 Å².